The molecule has 0 unspecified atom stereocenters. The molecule has 0 aliphatic heterocycles. The molecule has 0 fully saturated rings. The molecule has 0 saturated carbocycles. The monoisotopic (exact) mass is 267 g/mol. The van der Waals surface area contributed by atoms with E-state index in [4.69, 9.17) is 5.26 Å². The van der Waals surface area contributed by atoms with Crippen molar-refractivity contribution in [3.63, 3.8) is 0 Å². The van der Waals surface area contributed by atoms with Crippen LogP contribution in [0.1, 0.15) is 10.4 Å². The Morgan fingerprint density at radius 2 is 2.21 bits per heavy atom. The Labute approximate surface area is 93.5 Å². The molecule has 0 atom stereocenters. The number of hydrogen-bond donors (Lipinski definition) is 1. The number of rotatable bonds is 1. The summed E-state index contributed by atoms with van der Waals surface area (Å²) in [6.45, 7) is 0. The van der Waals surface area contributed by atoms with E-state index in [1.807, 2.05) is 12.1 Å². The lowest BCUT2D eigenvalue weighted by atomic mass is 10.1. The number of hydrogen-bond acceptors (Lipinski definition) is 3. The molecule has 1 aromatic carbocycles. The molecule has 2 rings (SSSR count). The number of alkyl halides is 1. The summed E-state index contributed by atoms with van der Waals surface area (Å²) < 4.78 is 0.948. The Hall–Kier alpha value is -1.05. The van der Waals surface area contributed by atoms with Gasteiger partial charge >= 0.3 is 0 Å². The number of nitrogens with zero attached hydrogens (tertiary/aromatic N) is 1. The van der Waals surface area contributed by atoms with Gasteiger partial charge in [-0.2, -0.15) is 5.26 Å². The number of aromatic hydroxyl groups is 1. The van der Waals surface area contributed by atoms with E-state index in [1.165, 1.54) is 11.3 Å². The number of benzene rings is 1. The van der Waals surface area contributed by atoms with Crippen molar-refractivity contribution in [3.8, 4) is 11.8 Å². The van der Waals surface area contributed by atoms with Gasteiger partial charge in [0.1, 0.15) is 16.7 Å². The fourth-order valence-electron chi connectivity index (χ4n) is 1.29. The molecule has 0 spiro atoms. The summed E-state index contributed by atoms with van der Waals surface area (Å²) in [4.78, 5) is 0.672. The molecule has 2 nitrogen and oxygen atoms in total. The highest BCUT2D eigenvalue weighted by molar-refractivity contribution is 9.08. The predicted octanol–water partition coefficient (Wildman–Crippen LogP) is 3.37. The molecule has 0 aliphatic carbocycles. The van der Waals surface area contributed by atoms with Crippen LogP contribution in [0.4, 0.5) is 0 Å². The van der Waals surface area contributed by atoms with Gasteiger partial charge in [0.15, 0.2) is 0 Å². The van der Waals surface area contributed by atoms with E-state index in [2.05, 4.69) is 22.0 Å². The summed E-state index contributed by atoms with van der Waals surface area (Å²) in [7, 11) is 0. The van der Waals surface area contributed by atoms with Crippen molar-refractivity contribution >= 4 is 37.4 Å². The maximum atomic E-state index is 9.58. The number of nitriles is 1. The average molecular weight is 268 g/mol. The number of halogens is 1. The number of phenolic OH excluding ortho intramolecular Hbond substituents is 1. The number of thiophene rings is 1. The molecule has 0 radical (unpaired) electrons. The summed E-state index contributed by atoms with van der Waals surface area (Å²) in [6.07, 6.45) is 0. The van der Waals surface area contributed by atoms with Crippen molar-refractivity contribution in [3.05, 3.63) is 28.6 Å². The first-order valence-electron chi connectivity index (χ1n) is 3.96. The molecule has 0 amide bonds. The molecule has 4 heteroatoms. The lowest BCUT2D eigenvalue weighted by Gasteiger charge is -1.99. The van der Waals surface area contributed by atoms with Gasteiger partial charge in [0.2, 0.25) is 0 Å². The topological polar surface area (TPSA) is 44.0 Å². The molecule has 0 bridgehead atoms. The van der Waals surface area contributed by atoms with Gasteiger partial charge in [0.05, 0.1) is 0 Å². The van der Waals surface area contributed by atoms with Crippen molar-refractivity contribution < 1.29 is 5.11 Å². The van der Waals surface area contributed by atoms with Gasteiger partial charge < -0.3 is 5.11 Å². The standard InChI is InChI=1S/C10H6BrNOS/c11-4-7-1-6-2-8(5-12)14-10(6)3-9(7)13/h1-3,13H,4H2. The average Bonchev–Trinajstić information content (AvgIpc) is 2.58. The Balaban J connectivity index is 2.71. The second kappa shape index (κ2) is 3.60. The summed E-state index contributed by atoms with van der Waals surface area (Å²) >= 11 is 4.69. The largest absolute Gasteiger partial charge is 0.508 e. The maximum absolute atomic E-state index is 9.58. The van der Waals surface area contributed by atoms with E-state index in [1.54, 1.807) is 6.07 Å². The third kappa shape index (κ3) is 1.49. The Bertz CT molecular complexity index is 527. The van der Waals surface area contributed by atoms with Gasteiger partial charge in [-0.25, -0.2) is 0 Å². The third-order valence-electron chi connectivity index (χ3n) is 1.97. The van der Waals surface area contributed by atoms with Crippen LogP contribution in [0, 0.1) is 11.3 Å². The van der Waals surface area contributed by atoms with Crippen LogP contribution >= 0.6 is 27.3 Å². The van der Waals surface area contributed by atoms with Crippen molar-refractivity contribution in [1.82, 2.24) is 0 Å². The SMILES string of the molecule is N#Cc1cc2cc(CBr)c(O)cc2s1. The number of fused-ring (bicyclic) bond motifs is 1. The van der Waals surface area contributed by atoms with Crippen molar-refractivity contribution in [2.45, 2.75) is 5.33 Å². The Kier molecular flexibility index (Phi) is 2.44. The highest BCUT2D eigenvalue weighted by atomic mass is 79.9. The van der Waals surface area contributed by atoms with Crippen molar-refractivity contribution in [2.24, 2.45) is 0 Å². The fourth-order valence-corrected chi connectivity index (χ4v) is 2.61. The minimum Gasteiger partial charge on any atom is -0.508 e. The lowest BCUT2D eigenvalue weighted by molar-refractivity contribution is 0.472. The summed E-state index contributed by atoms with van der Waals surface area (Å²) in [6, 6.07) is 7.54. The van der Waals surface area contributed by atoms with Crippen LogP contribution in [-0.4, -0.2) is 5.11 Å². The lowest BCUT2D eigenvalue weighted by Crippen LogP contribution is -1.77. The zero-order valence-electron chi connectivity index (χ0n) is 7.12. The van der Waals surface area contributed by atoms with Gasteiger partial charge in [0.25, 0.3) is 0 Å². The molecule has 14 heavy (non-hydrogen) atoms. The summed E-state index contributed by atoms with van der Waals surface area (Å²) in [5.41, 5.74) is 0.847. The first-order valence-corrected chi connectivity index (χ1v) is 5.90. The van der Waals surface area contributed by atoms with E-state index < -0.39 is 0 Å². The Morgan fingerprint density at radius 1 is 1.43 bits per heavy atom. The highest BCUT2D eigenvalue weighted by Gasteiger charge is 2.06. The predicted molar refractivity (Wildman–Crippen MR) is 60.8 cm³/mol. The first kappa shape index (κ1) is 9.50. The van der Waals surface area contributed by atoms with Crippen LogP contribution in [0.3, 0.4) is 0 Å². The normalized spacial score (nSPS) is 10.3. The van der Waals surface area contributed by atoms with Crippen LogP contribution < -0.4 is 0 Å². The number of phenols is 1. The smallest absolute Gasteiger partial charge is 0.121 e. The van der Waals surface area contributed by atoms with Crippen LogP contribution in [-0.2, 0) is 5.33 Å². The van der Waals surface area contributed by atoms with E-state index in [9.17, 15) is 5.11 Å². The summed E-state index contributed by atoms with van der Waals surface area (Å²) in [5, 5.41) is 19.9. The van der Waals surface area contributed by atoms with Crippen LogP contribution in [0.5, 0.6) is 5.75 Å². The van der Waals surface area contributed by atoms with Crippen molar-refractivity contribution in [1.29, 1.82) is 5.26 Å². The van der Waals surface area contributed by atoms with Gasteiger partial charge in [0, 0.05) is 15.6 Å². The van der Waals surface area contributed by atoms with E-state index in [-0.39, 0.29) is 5.75 Å². The van der Waals surface area contributed by atoms with Crippen LogP contribution in [0.25, 0.3) is 10.1 Å². The highest BCUT2D eigenvalue weighted by Crippen LogP contribution is 2.32. The fraction of sp³-hybridized carbons (Fsp3) is 0.100. The molecule has 0 aliphatic rings. The zero-order valence-corrected chi connectivity index (χ0v) is 9.52. The molecular weight excluding hydrogens is 262 g/mol. The van der Waals surface area contributed by atoms with Gasteiger partial charge in [-0.1, -0.05) is 15.9 Å². The molecule has 1 N–H and O–H groups in total. The molecular formula is C10H6BrNOS. The van der Waals surface area contributed by atoms with E-state index in [0.29, 0.717) is 10.2 Å². The molecule has 0 saturated heterocycles. The van der Waals surface area contributed by atoms with Gasteiger partial charge in [-0.3, -0.25) is 0 Å². The second-order valence-corrected chi connectivity index (χ2v) is 4.52. The quantitative estimate of drug-likeness (QED) is 0.806. The second-order valence-electron chi connectivity index (χ2n) is 2.87. The molecule has 1 aromatic heterocycles. The van der Waals surface area contributed by atoms with Crippen molar-refractivity contribution in [2.75, 3.05) is 0 Å². The molecule has 70 valence electrons. The maximum Gasteiger partial charge on any atom is 0.121 e. The third-order valence-corrected chi connectivity index (χ3v) is 3.58. The minimum absolute atomic E-state index is 0.278. The van der Waals surface area contributed by atoms with Crippen LogP contribution in [0.15, 0.2) is 18.2 Å². The van der Waals surface area contributed by atoms with Gasteiger partial charge in [-0.05, 0) is 23.6 Å². The Morgan fingerprint density at radius 3 is 2.86 bits per heavy atom. The van der Waals surface area contributed by atoms with E-state index in [0.717, 1.165) is 15.6 Å². The van der Waals surface area contributed by atoms with E-state index >= 15 is 0 Å². The minimum atomic E-state index is 0.278. The van der Waals surface area contributed by atoms with Crippen LogP contribution in [0.2, 0.25) is 0 Å². The summed E-state index contributed by atoms with van der Waals surface area (Å²) in [5.74, 6) is 0.278. The molecule has 1 heterocycles. The first-order chi connectivity index (χ1) is 6.74. The zero-order chi connectivity index (χ0) is 10.1. The molecule has 2 aromatic rings. The van der Waals surface area contributed by atoms with Gasteiger partial charge in [-0.15, -0.1) is 11.3 Å².